The Kier molecular flexibility index (Phi) is 6.55. The van der Waals surface area contributed by atoms with Gasteiger partial charge in [-0.05, 0) is 18.1 Å². The molecule has 0 aliphatic heterocycles. The molecular weight excluding hydrogens is 438 g/mol. The Bertz CT molecular complexity index is 1080. The summed E-state index contributed by atoms with van der Waals surface area (Å²) in [6, 6.07) is 1.87. The molecule has 0 spiro atoms. The largest absolute Gasteiger partial charge is 0.431 e. The lowest BCUT2D eigenvalue weighted by molar-refractivity contribution is -0.144. The molecule has 6 nitrogen and oxygen atoms in total. The van der Waals surface area contributed by atoms with E-state index in [1.807, 2.05) is 0 Å². The molecule has 0 saturated carbocycles. The van der Waals surface area contributed by atoms with E-state index in [2.05, 4.69) is 0 Å². The van der Waals surface area contributed by atoms with Gasteiger partial charge >= 0.3 is 11.9 Å². The van der Waals surface area contributed by atoms with Crippen LogP contribution in [-0.4, -0.2) is 30.9 Å². The molecule has 0 unspecified atom stereocenters. The Morgan fingerprint density at radius 3 is 2.38 bits per heavy atom. The highest BCUT2D eigenvalue weighted by Crippen LogP contribution is 2.28. The van der Waals surface area contributed by atoms with Gasteiger partial charge in [0.15, 0.2) is 0 Å². The number of nitrogens with zero attached hydrogens (tertiary/aromatic N) is 3. The first-order valence-corrected chi connectivity index (χ1v) is 8.94. The van der Waals surface area contributed by atoms with Crippen LogP contribution in [-0.2, 0) is 13.2 Å². The summed E-state index contributed by atoms with van der Waals surface area (Å²) in [5.41, 5.74) is -5.00. The molecule has 158 valence electrons. The number of hydrogen-bond donors (Lipinski definition) is 1. The van der Waals surface area contributed by atoms with Crippen LogP contribution >= 0.6 is 23.8 Å². The molecule has 1 aromatic carbocycles. The third-order valence-corrected chi connectivity index (χ3v) is 4.63. The van der Waals surface area contributed by atoms with E-state index in [1.165, 1.54) is 0 Å². The van der Waals surface area contributed by atoms with E-state index in [4.69, 9.17) is 23.8 Å². The van der Waals surface area contributed by atoms with Gasteiger partial charge in [-0.2, -0.15) is 13.2 Å². The standard InChI is InChI=1S/C17H16ClF4N3O3S/c1-8(2)7-24(28)15(29)9-4-12(11(19)5-10(9)18)25-14(26)6-13(17(20,21)22)23(3)16(25)27/h4-6,8,28H,7H2,1-3H3. The van der Waals surface area contributed by atoms with Crippen LogP contribution in [0.4, 0.5) is 17.6 Å². The summed E-state index contributed by atoms with van der Waals surface area (Å²) in [6.07, 6.45) is -4.95. The number of halogens is 5. The normalized spacial score (nSPS) is 11.8. The fraction of sp³-hybridized carbons (Fsp3) is 0.353. The molecule has 2 rings (SSSR count). The molecule has 0 fully saturated rings. The van der Waals surface area contributed by atoms with E-state index < -0.39 is 34.6 Å². The van der Waals surface area contributed by atoms with Gasteiger partial charge in [-0.15, -0.1) is 0 Å². The van der Waals surface area contributed by atoms with Crippen molar-refractivity contribution < 1.29 is 22.8 Å². The molecule has 29 heavy (non-hydrogen) atoms. The Balaban J connectivity index is 2.72. The Morgan fingerprint density at radius 1 is 1.28 bits per heavy atom. The second-order valence-corrected chi connectivity index (χ2v) is 7.40. The minimum absolute atomic E-state index is 0.00136. The number of aromatic nitrogens is 2. The molecule has 0 atom stereocenters. The topological polar surface area (TPSA) is 67.5 Å². The molecule has 0 bridgehead atoms. The lowest BCUT2D eigenvalue weighted by atomic mass is 10.1. The van der Waals surface area contributed by atoms with Gasteiger partial charge in [0.1, 0.15) is 16.5 Å². The van der Waals surface area contributed by atoms with Crippen LogP contribution in [0.3, 0.4) is 0 Å². The second-order valence-electron chi connectivity index (χ2n) is 6.61. The van der Waals surface area contributed by atoms with Gasteiger partial charge in [-0.3, -0.25) is 14.6 Å². The van der Waals surface area contributed by atoms with Crippen molar-refractivity contribution in [2.24, 2.45) is 13.0 Å². The third kappa shape index (κ3) is 4.68. The van der Waals surface area contributed by atoms with Gasteiger partial charge in [0.2, 0.25) is 0 Å². The van der Waals surface area contributed by atoms with E-state index in [-0.39, 0.29) is 43.2 Å². The second kappa shape index (κ2) is 8.25. The Labute approximate surface area is 172 Å². The van der Waals surface area contributed by atoms with Crippen LogP contribution in [0.15, 0.2) is 27.8 Å². The van der Waals surface area contributed by atoms with Crippen molar-refractivity contribution in [1.29, 1.82) is 0 Å². The summed E-state index contributed by atoms with van der Waals surface area (Å²) in [7, 11) is 0.804. The molecule has 2 aromatic rings. The van der Waals surface area contributed by atoms with Crippen molar-refractivity contribution in [3.05, 3.63) is 61.1 Å². The highest BCUT2D eigenvalue weighted by Gasteiger charge is 2.35. The van der Waals surface area contributed by atoms with Gasteiger partial charge < -0.3 is 0 Å². The van der Waals surface area contributed by atoms with Crippen molar-refractivity contribution in [2.75, 3.05) is 6.54 Å². The smallest absolute Gasteiger partial charge is 0.292 e. The van der Waals surface area contributed by atoms with Crippen LogP contribution in [0.2, 0.25) is 5.02 Å². The summed E-state index contributed by atoms with van der Waals surface area (Å²) >= 11 is 11.1. The zero-order valence-electron chi connectivity index (χ0n) is 15.4. The zero-order valence-corrected chi connectivity index (χ0v) is 17.0. The average molecular weight is 454 g/mol. The van der Waals surface area contributed by atoms with Crippen LogP contribution in [0.25, 0.3) is 5.69 Å². The van der Waals surface area contributed by atoms with Crippen molar-refractivity contribution >= 4 is 28.8 Å². The molecule has 0 saturated heterocycles. The first-order chi connectivity index (χ1) is 13.3. The third-order valence-electron chi connectivity index (χ3n) is 3.89. The molecule has 1 aromatic heterocycles. The lowest BCUT2D eigenvalue weighted by Crippen LogP contribution is -2.41. The molecule has 0 aliphatic carbocycles. The predicted molar refractivity (Wildman–Crippen MR) is 102 cm³/mol. The van der Waals surface area contributed by atoms with Crippen molar-refractivity contribution in [2.45, 2.75) is 20.0 Å². The summed E-state index contributed by atoms with van der Waals surface area (Å²) < 4.78 is 53.9. The van der Waals surface area contributed by atoms with E-state index >= 15 is 0 Å². The molecule has 12 heteroatoms. The molecule has 0 amide bonds. The highest BCUT2D eigenvalue weighted by atomic mass is 35.5. The maximum absolute atomic E-state index is 14.5. The molecule has 1 N–H and O–H groups in total. The Morgan fingerprint density at radius 2 is 1.86 bits per heavy atom. The number of hydrogen-bond acceptors (Lipinski definition) is 4. The SMILES string of the molecule is CC(C)CN(O)C(=S)c1cc(-n2c(=O)cc(C(F)(F)F)n(C)c2=O)c(F)cc1Cl. The van der Waals surface area contributed by atoms with E-state index in [1.54, 1.807) is 13.8 Å². The number of thiocarbonyl (C=S) groups is 1. The predicted octanol–water partition coefficient (Wildman–Crippen LogP) is 3.37. The maximum atomic E-state index is 14.5. The summed E-state index contributed by atoms with van der Waals surface area (Å²) in [4.78, 5) is 24.4. The van der Waals surface area contributed by atoms with Gasteiger partial charge in [0.05, 0.1) is 10.7 Å². The molecule has 1 heterocycles. The quantitative estimate of drug-likeness (QED) is 0.437. The van der Waals surface area contributed by atoms with Crippen LogP contribution in [0, 0.1) is 11.7 Å². The van der Waals surface area contributed by atoms with Crippen LogP contribution in [0.1, 0.15) is 25.1 Å². The highest BCUT2D eigenvalue weighted by molar-refractivity contribution is 7.80. The minimum Gasteiger partial charge on any atom is -0.292 e. The van der Waals surface area contributed by atoms with Gasteiger partial charge in [-0.25, -0.2) is 18.8 Å². The maximum Gasteiger partial charge on any atom is 0.431 e. The summed E-state index contributed by atoms with van der Waals surface area (Å²) in [5, 5.41) is 10.5. The van der Waals surface area contributed by atoms with E-state index in [9.17, 15) is 32.4 Å². The van der Waals surface area contributed by atoms with E-state index in [0.29, 0.717) is 5.06 Å². The van der Waals surface area contributed by atoms with Gasteiger partial charge in [-0.1, -0.05) is 37.7 Å². The Hall–Kier alpha value is -2.24. The fourth-order valence-electron chi connectivity index (χ4n) is 2.56. The van der Waals surface area contributed by atoms with Gasteiger partial charge in [0, 0.05) is 25.2 Å². The summed E-state index contributed by atoms with van der Waals surface area (Å²) in [6.45, 7) is 3.72. The number of rotatable bonds is 4. The minimum atomic E-state index is -4.95. The molecule has 0 aliphatic rings. The van der Waals surface area contributed by atoms with Crippen molar-refractivity contribution in [3.8, 4) is 5.69 Å². The number of hydroxylamine groups is 2. The lowest BCUT2D eigenvalue weighted by Gasteiger charge is -2.21. The first kappa shape index (κ1) is 23.0. The monoisotopic (exact) mass is 453 g/mol. The zero-order chi connectivity index (χ0) is 22.3. The van der Waals surface area contributed by atoms with E-state index in [0.717, 1.165) is 19.2 Å². The molecular formula is C17H16ClF4N3O3S. The average Bonchev–Trinajstić information content (AvgIpc) is 2.57. The first-order valence-electron chi connectivity index (χ1n) is 8.16. The van der Waals surface area contributed by atoms with Gasteiger partial charge in [0.25, 0.3) is 5.56 Å². The summed E-state index contributed by atoms with van der Waals surface area (Å²) in [5.74, 6) is -1.13. The van der Waals surface area contributed by atoms with Crippen LogP contribution < -0.4 is 11.2 Å². The fourth-order valence-corrected chi connectivity index (χ4v) is 3.10. The molecule has 0 radical (unpaired) electrons. The van der Waals surface area contributed by atoms with Crippen LogP contribution in [0.5, 0.6) is 0 Å². The van der Waals surface area contributed by atoms with Crippen molar-refractivity contribution in [3.63, 3.8) is 0 Å². The van der Waals surface area contributed by atoms with Crippen molar-refractivity contribution in [1.82, 2.24) is 14.2 Å². The number of benzene rings is 1. The number of alkyl halides is 3.